The molecule has 1 atom stereocenters. The summed E-state index contributed by atoms with van der Waals surface area (Å²) in [7, 11) is 0. The Morgan fingerprint density at radius 2 is 1.77 bits per heavy atom. The van der Waals surface area contributed by atoms with Gasteiger partial charge in [-0.05, 0) is 38.0 Å². The molecule has 1 fully saturated rings. The van der Waals surface area contributed by atoms with E-state index in [-0.39, 0.29) is 18.4 Å². The third kappa shape index (κ3) is 5.00. The molecule has 0 spiro atoms. The topological polar surface area (TPSA) is 78.5 Å². The summed E-state index contributed by atoms with van der Waals surface area (Å²) in [5.41, 5.74) is -0.889. The maximum Gasteiger partial charge on any atom is 0.325 e. The molecule has 0 bridgehead atoms. The molecule has 4 amide bonds. The Labute approximate surface area is 133 Å². The zero-order valence-corrected chi connectivity index (χ0v) is 14.4. The number of nitrogens with one attached hydrogen (secondary N) is 2. The number of rotatable bonds is 8. The molecule has 0 saturated carbocycles. The van der Waals surface area contributed by atoms with Gasteiger partial charge in [0, 0.05) is 6.54 Å². The van der Waals surface area contributed by atoms with Gasteiger partial charge in [-0.25, -0.2) is 4.79 Å². The first-order valence-corrected chi connectivity index (χ1v) is 8.06. The summed E-state index contributed by atoms with van der Waals surface area (Å²) in [6.45, 7) is 10.4. The summed E-state index contributed by atoms with van der Waals surface area (Å²) in [5.74, 6) is 0.348. The van der Waals surface area contributed by atoms with E-state index in [4.69, 9.17) is 0 Å². The van der Waals surface area contributed by atoms with Crippen molar-refractivity contribution in [3.05, 3.63) is 0 Å². The molecule has 0 unspecified atom stereocenters. The summed E-state index contributed by atoms with van der Waals surface area (Å²) in [6, 6.07) is -0.477. The predicted octanol–water partition coefficient (Wildman–Crippen LogP) is 1.90. The van der Waals surface area contributed by atoms with Crippen LogP contribution in [0.3, 0.4) is 0 Å². The summed E-state index contributed by atoms with van der Waals surface area (Å²) in [5, 5.41) is 5.47. The van der Waals surface area contributed by atoms with Gasteiger partial charge in [0.15, 0.2) is 0 Å². The second kappa shape index (κ2) is 7.61. The van der Waals surface area contributed by atoms with Crippen LogP contribution in [0.15, 0.2) is 0 Å². The van der Waals surface area contributed by atoms with E-state index in [0.717, 1.165) is 17.7 Å². The van der Waals surface area contributed by atoms with Crippen LogP contribution < -0.4 is 10.6 Å². The molecular formula is C16H29N3O3. The molecule has 6 heteroatoms. The maximum atomic E-state index is 12.4. The minimum absolute atomic E-state index is 0.208. The first-order chi connectivity index (χ1) is 10.2. The zero-order chi connectivity index (χ0) is 16.9. The fourth-order valence-electron chi connectivity index (χ4n) is 2.34. The predicted molar refractivity (Wildman–Crippen MR) is 85.2 cm³/mol. The monoisotopic (exact) mass is 311 g/mol. The van der Waals surface area contributed by atoms with Gasteiger partial charge < -0.3 is 10.6 Å². The highest BCUT2D eigenvalue weighted by molar-refractivity contribution is 6.08. The van der Waals surface area contributed by atoms with Crippen molar-refractivity contribution in [3.8, 4) is 0 Å². The van der Waals surface area contributed by atoms with Crippen LogP contribution >= 0.6 is 0 Å². The molecule has 1 aliphatic rings. The lowest BCUT2D eigenvalue weighted by molar-refractivity contribution is -0.134. The lowest BCUT2D eigenvalue weighted by Gasteiger charge is -2.22. The highest BCUT2D eigenvalue weighted by Crippen LogP contribution is 2.24. The van der Waals surface area contributed by atoms with Crippen LogP contribution in [0, 0.1) is 11.8 Å². The van der Waals surface area contributed by atoms with Crippen molar-refractivity contribution in [1.82, 2.24) is 15.5 Å². The summed E-state index contributed by atoms with van der Waals surface area (Å²) in [6.07, 6.45) is 2.30. The van der Waals surface area contributed by atoms with Crippen molar-refractivity contribution in [2.45, 2.75) is 59.4 Å². The average Bonchev–Trinajstić information content (AvgIpc) is 2.60. The van der Waals surface area contributed by atoms with E-state index in [0.29, 0.717) is 24.8 Å². The van der Waals surface area contributed by atoms with Gasteiger partial charge in [0.2, 0.25) is 5.91 Å². The Morgan fingerprint density at radius 3 is 2.32 bits per heavy atom. The molecule has 1 heterocycles. The number of nitrogens with zero attached hydrogens (tertiary/aromatic N) is 1. The maximum absolute atomic E-state index is 12.4. The number of imide groups is 1. The highest BCUT2D eigenvalue weighted by Gasteiger charge is 2.47. The van der Waals surface area contributed by atoms with Crippen LogP contribution in [0.25, 0.3) is 0 Å². The number of urea groups is 1. The fourth-order valence-corrected chi connectivity index (χ4v) is 2.34. The van der Waals surface area contributed by atoms with Gasteiger partial charge in [-0.15, -0.1) is 0 Å². The Hall–Kier alpha value is -1.59. The quantitative estimate of drug-likeness (QED) is 0.672. The van der Waals surface area contributed by atoms with Crippen molar-refractivity contribution in [1.29, 1.82) is 0 Å². The van der Waals surface area contributed by atoms with E-state index in [1.54, 1.807) is 6.92 Å². The van der Waals surface area contributed by atoms with Gasteiger partial charge in [0.25, 0.3) is 5.91 Å². The third-order valence-corrected chi connectivity index (χ3v) is 3.91. The van der Waals surface area contributed by atoms with Crippen molar-refractivity contribution < 1.29 is 14.4 Å². The van der Waals surface area contributed by atoms with E-state index in [9.17, 15) is 14.4 Å². The van der Waals surface area contributed by atoms with Gasteiger partial charge >= 0.3 is 6.03 Å². The number of amides is 4. The smallest absolute Gasteiger partial charge is 0.325 e. The molecule has 0 aromatic heterocycles. The SMILES string of the molecule is CC(C)CCNC(=O)CN1C(=O)N[C@](C)(CCC(C)C)C1=O. The fraction of sp³-hybridized carbons (Fsp3) is 0.812. The van der Waals surface area contributed by atoms with Crippen molar-refractivity contribution >= 4 is 17.8 Å². The molecular weight excluding hydrogens is 282 g/mol. The lowest BCUT2D eigenvalue weighted by Crippen LogP contribution is -2.45. The Kier molecular flexibility index (Phi) is 6.38. The molecule has 1 rings (SSSR count). The van der Waals surface area contributed by atoms with Gasteiger partial charge in [-0.3, -0.25) is 14.5 Å². The number of hydrogen-bond acceptors (Lipinski definition) is 3. The first kappa shape index (κ1) is 18.5. The lowest BCUT2D eigenvalue weighted by atomic mass is 9.92. The molecule has 22 heavy (non-hydrogen) atoms. The standard InChI is InChI=1S/C16H29N3O3/c1-11(2)6-8-16(5)14(21)19(15(22)18-16)10-13(20)17-9-7-12(3)4/h11-12H,6-10H2,1-5H3,(H,17,20)(H,18,22)/t16-/m1/s1. The number of carbonyl (C=O) groups excluding carboxylic acids is 3. The van der Waals surface area contributed by atoms with Crippen LogP contribution in [-0.2, 0) is 9.59 Å². The molecule has 1 aliphatic heterocycles. The largest absolute Gasteiger partial charge is 0.355 e. The average molecular weight is 311 g/mol. The zero-order valence-electron chi connectivity index (χ0n) is 14.4. The molecule has 0 aromatic carbocycles. The molecule has 0 radical (unpaired) electrons. The molecule has 126 valence electrons. The summed E-state index contributed by atoms with van der Waals surface area (Å²) < 4.78 is 0. The third-order valence-electron chi connectivity index (χ3n) is 3.91. The molecule has 2 N–H and O–H groups in total. The van der Waals surface area contributed by atoms with Crippen molar-refractivity contribution in [2.24, 2.45) is 11.8 Å². The van der Waals surface area contributed by atoms with E-state index >= 15 is 0 Å². The molecule has 0 aliphatic carbocycles. The minimum Gasteiger partial charge on any atom is -0.355 e. The van der Waals surface area contributed by atoms with Crippen LogP contribution in [0.2, 0.25) is 0 Å². The molecule has 1 saturated heterocycles. The van der Waals surface area contributed by atoms with Crippen LogP contribution in [0.5, 0.6) is 0 Å². The van der Waals surface area contributed by atoms with Crippen LogP contribution in [-0.4, -0.2) is 41.4 Å². The van der Waals surface area contributed by atoms with Crippen molar-refractivity contribution in [3.63, 3.8) is 0 Å². The van der Waals surface area contributed by atoms with Gasteiger partial charge in [-0.1, -0.05) is 27.7 Å². The van der Waals surface area contributed by atoms with Gasteiger partial charge in [0.1, 0.15) is 12.1 Å². The molecule has 6 nitrogen and oxygen atoms in total. The summed E-state index contributed by atoms with van der Waals surface area (Å²) in [4.78, 5) is 37.3. The Bertz CT molecular complexity index is 434. The van der Waals surface area contributed by atoms with Gasteiger partial charge in [0.05, 0.1) is 0 Å². The number of carbonyl (C=O) groups is 3. The Morgan fingerprint density at radius 1 is 1.18 bits per heavy atom. The van der Waals surface area contributed by atoms with Crippen LogP contribution in [0.1, 0.15) is 53.9 Å². The van der Waals surface area contributed by atoms with E-state index in [1.807, 2.05) is 0 Å². The first-order valence-electron chi connectivity index (χ1n) is 8.06. The second-order valence-corrected chi connectivity index (χ2v) is 7.12. The van der Waals surface area contributed by atoms with Crippen molar-refractivity contribution in [2.75, 3.05) is 13.1 Å². The van der Waals surface area contributed by atoms with Crippen LogP contribution in [0.4, 0.5) is 4.79 Å². The van der Waals surface area contributed by atoms with E-state index < -0.39 is 11.6 Å². The molecule has 0 aromatic rings. The normalized spacial score (nSPS) is 21.7. The second-order valence-electron chi connectivity index (χ2n) is 7.12. The summed E-state index contributed by atoms with van der Waals surface area (Å²) >= 11 is 0. The minimum atomic E-state index is -0.889. The van der Waals surface area contributed by atoms with Gasteiger partial charge in [-0.2, -0.15) is 0 Å². The highest BCUT2D eigenvalue weighted by atomic mass is 16.2. The Balaban J connectivity index is 2.55. The van der Waals surface area contributed by atoms with E-state index in [1.165, 1.54) is 0 Å². The number of hydrogen-bond donors (Lipinski definition) is 2. The van der Waals surface area contributed by atoms with E-state index in [2.05, 4.69) is 38.3 Å².